The molecule has 0 saturated carbocycles. The second-order valence-corrected chi connectivity index (χ2v) is 2.68. The molecule has 0 atom stereocenters. The molecule has 0 aromatic carbocycles. The second-order valence-electron chi connectivity index (χ2n) is 2.68. The first kappa shape index (κ1) is 16.4. The molecule has 0 saturated heterocycles. The molecular weight excluding hydrogens is 237 g/mol. The van der Waals surface area contributed by atoms with Crippen LogP contribution < -0.4 is 11.3 Å². The summed E-state index contributed by atoms with van der Waals surface area (Å²) in [6.07, 6.45) is 2.49. The Labute approximate surface area is 101 Å². The number of nitrogens with two attached hydrogens (primary N) is 1. The van der Waals surface area contributed by atoms with E-state index in [1.54, 1.807) is 18.3 Å². The number of nitrogens with zero attached hydrogens (tertiary/aromatic N) is 1. The van der Waals surface area contributed by atoms with Gasteiger partial charge < -0.3 is 10.7 Å². The summed E-state index contributed by atoms with van der Waals surface area (Å²) in [5, 5.41) is 0. The van der Waals surface area contributed by atoms with Crippen molar-refractivity contribution in [2.24, 2.45) is 10.7 Å². The summed E-state index contributed by atoms with van der Waals surface area (Å²) in [4.78, 5) is 17.8. The van der Waals surface area contributed by atoms with Crippen molar-refractivity contribution in [3.63, 3.8) is 0 Å². The minimum atomic E-state index is -0.195. The van der Waals surface area contributed by atoms with Gasteiger partial charge in [-0.05, 0) is 18.6 Å². The Morgan fingerprint density at radius 3 is 2.73 bits per heavy atom. The Hall–Kier alpha value is -1.000. The van der Waals surface area contributed by atoms with Crippen LogP contribution >= 0.6 is 24.8 Å². The number of hydrogen-bond donors (Lipinski definition) is 2. The number of H-pyrrole nitrogens is 1. The molecule has 0 unspecified atom stereocenters. The fourth-order valence-corrected chi connectivity index (χ4v) is 0.941. The summed E-state index contributed by atoms with van der Waals surface area (Å²) in [6.45, 7) is 2.66. The topological polar surface area (TPSA) is 71.2 Å². The van der Waals surface area contributed by atoms with Gasteiger partial charge in [0.25, 0.3) is 5.56 Å². The first-order valence-corrected chi connectivity index (χ1v) is 4.23. The third-order valence-electron chi connectivity index (χ3n) is 1.60. The molecular formula is C9H15Cl2N3O. The number of aromatic amines is 1. The number of halogens is 2. The van der Waals surface area contributed by atoms with E-state index in [4.69, 9.17) is 5.73 Å². The highest BCUT2D eigenvalue weighted by atomic mass is 35.5. The molecule has 0 bridgehead atoms. The Morgan fingerprint density at radius 2 is 2.20 bits per heavy atom. The van der Waals surface area contributed by atoms with Crippen LogP contribution in [0.15, 0.2) is 28.1 Å². The largest absolute Gasteiger partial charge is 0.383 e. The van der Waals surface area contributed by atoms with Gasteiger partial charge in [0.2, 0.25) is 0 Å². The zero-order chi connectivity index (χ0) is 9.68. The Kier molecular flexibility index (Phi) is 9.11. The summed E-state index contributed by atoms with van der Waals surface area (Å²) in [5.74, 6) is 0.309. The number of aromatic nitrogens is 1. The normalized spacial score (nSPS) is 10.1. The van der Waals surface area contributed by atoms with Crippen LogP contribution in [-0.2, 0) is 0 Å². The van der Waals surface area contributed by atoms with E-state index in [2.05, 4.69) is 9.98 Å². The molecule has 0 aliphatic heterocycles. The first-order valence-electron chi connectivity index (χ1n) is 4.23. The van der Waals surface area contributed by atoms with Gasteiger partial charge in [0.1, 0.15) is 5.84 Å². The van der Waals surface area contributed by atoms with Crippen molar-refractivity contribution < 1.29 is 0 Å². The highest BCUT2D eigenvalue weighted by Gasteiger charge is 2.01. The molecule has 0 radical (unpaired) electrons. The van der Waals surface area contributed by atoms with Crippen molar-refractivity contribution in [3.05, 3.63) is 34.2 Å². The average molecular weight is 252 g/mol. The lowest BCUT2D eigenvalue weighted by Crippen LogP contribution is -2.24. The van der Waals surface area contributed by atoms with E-state index in [0.29, 0.717) is 17.9 Å². The van der Waals surface area contributed by atoms with Crippen molar-refractivity contribution >= 4 is 30.6 Å². The molecule has 1 aromatic heterocycles. The van der Waals surface area contributed by atoms with E-state index < -0.39 is 0 Å². The number of pyridine rings is 1. The van der Waals surface area contributed by atoms with Gasteiger partial charge in [-0.3, -0.25) is 9.79 Å². The number of aliphatic imine (C=N–C) groups is 1. The Bertz CT molecular complexity index is 362. The second kappa shape index (κ2) is 8.32. The maximum atomic E-state index is 11.2. The zero-order valence-corrected chi connectivity index (χ0v) is 10.0. The predicted octanol–water partition coefficient (Wildman–Crippen LogP) is 1.33. The SMILES string of the molecule is CCCN=C(N)c1ccc[nH]c1=O.Cl.Cl. The lowest BCUT2D eigenvalue weighted by atomic mass is 10.2. The van der Waals surface area contributed by atoms with Gasteiger partial charge in [-0.25, -0.2) is 0 Å². The van der Waals surface area contributed by atoms with Gasteiger partial charge in [0, 0.05) is 12.7 Å². The van der Waals surface area contributed by atoms with E-state index in [9.17, 15) is 4.79 Å². The van der Waals surface area contributed by atoms with E-state index in [0.717, 1.165) is 6.42 Å². The molecule has 0 aliphatic carbocycles. The summed E-state index contributed by atoms with van der Waals surface area (Å²) < 4.78 is 0. The van der Waals surface area contributed by atoms with Gasteiger partial charge in [-0.2, -0.15) is 0 Å². The predicted molar refractivity (Wildman–Crippen MR) is 67.4 cm³/mol. The van der Waals surface area contributed by atoms with Crippen LogP contribution in [0, 0.1) is 0 Å². The van der Waals surface area contributed by atoms with E-state index >= 15 is 0 Å². The minimum absolute atomic E-state index is 0. The summed E-state index contributed by atoms with van der Waals surface area (Å²) >= 11 is 0. The Balaban J connectivity index is 0. The quantitative estimate of drug-likeness (QED) is 0.629. The molecule has 0 spiro atoms. The fourth-order valence-electron chi connectivity index (χ4n) is 0.941. The van der Waals surface area contributed by atoms with Crippen molar-refractivity contribution in [2.75, 3.05) is 6.54 Å². The third kappa shape index (κ3) is 4.85. The number of nitrogens with one attached hydrogen (secondary N) is 1. The van der Waals surface area contributed by atoms with Crippen LogP contribution in [0.4, 0.5) is 0 Å². The van der Waals surface area contributed by atoms with Crippen molar-refractivity contribution in [3.8, 4) is 0 Å². The number of rotatable bonds is 3. The molecule has 6 heteroatoms. The maximum Gasteiger partial charge on any atom is 0.258 e. The van der Waals surface area contributed by atoms with Crippen LogP contribution in [-0.4, -0.2) is 17.4 Å². The van der Waals surface area contributed by atoms with E-state index in [1.807, 2.05) is 6.92 Å². The van der Waals surface area contributed by atoms with Crippen LogP contribution in [0.25, 0.3) is 0 Å². The van der Waals surface area contributed by atoms with E-state index in [1.165, 1.54) is 0 Å². The van der Waals surface area contributed by atoms with Gasteiger partial charge in [0.05, 0.1) is 5.56 Å². The molecule has 15 heavy (non-hydrogen) atoms. The van der Waals surface area contributed by atoms with Gasteiger partial charge in [-0.1, -0.05) is 6.92 Å². The van der Waals surface area contributed by atoms with Crippen LogP contribution in [0.1, 0.15) is 18.9 Å². The van der Waals surface area contributed by atoms with Gasteiger partial charge in [-0.15, -0.1) is 24.8 Å². The molecule has 1 rings (SSSR count). The minimum Gasteiger partial charge on any atom is -0.383 e. The standard InChI is InChI=1S/C9H13N3O.2ClH/c1-2-5-11-8(10)7-4-3-6-12-9(7)13;;/h3-4,6H,2,5H2,1H3,(H2,10,11)(H,12,13);2*1H. The maximum absolute atomic E-state index is 11.2. The molecule has 0 amide bonds. The van der Waals surface area contributed by atoms with E-state index in [-0.39, 0.29) is 30.4 Å². The number of amidine groups is 1. The molecule has 0 aliphatic rings. The van der Waals surface area contributed by atoms with Crippen LogP contribution in [0.2, 0.25) is 0 Å². The van der Waals surface area contributed by atoms with Gasteiger partial charge in [0.15, 0.2) is 0 Å². The smallest absolute Gasteiger partial charge is 0.258 e. The third-order valence-corrected chi connectivity index (χ3v) is 1.60. The lowest BCUT2D eigenvalue weighted by Gasteiger charge is -1.97. The highest BCUT2D eigenvalue weighted by Crippen LogP contribution is 1.89. The average Bonchev–Trinajstić information content (AvgIpc) is 2.15. The molecule has 1 heterocycles. The Morgan fingerprint density at radius 1 is 1.53 bits per heavy atom. The first-order chi connectivity index (χ1) is 6.25. The molecule has 1 aromatic rings. The van der Waals surface area contributed by atoms with Crippen molar-refractivity contribution in [1.29, 1.82) is 0 Å². The highest BCUT2D eigenvalue weighted by molar-refractivity contribution is 5.96. The molecule has 0 fully saturated rings. The van der Waals surface area contributed by atoms with Crippen molar-refractivity contribution in [2.45, 2.75) is 13.3 Å². The summed E-state index contributed by atoms with van der Waals surface area (Å²) in [7, 11) is 0. The van der Waals surface area contributed by atoms with Crippen LogP contribution in [0.5, 0.6) is 0 Å². The number of hydrogen-bond acceptors (Lipinski definition) is 2. The molecule has 4 nitrogen and oxygen atoms in total. The van der Waals surface area contributed by atoms with Crippen molar-refractivity contribution in [1.82, 2.24) is 4.98 Å². The zero-order valence-electron chi connectivity index (χ0n) is 8.40. The van der Waals surface area contributed by atoms with Crippen LogP contribution in [0.3, 0.4) is 0 Å². The molecule has 86 valence electrons. The summed E-state index contributed by atoms with van der Waals surface area (Å²) in [6, 6.07) is 3.39. The molecule has 3 N–H and O–H groups in total. The summed E-state index contributed by atoms with van der Waals surface area (Å²) in [5.41, 5.74) is 5.86. The lowest BCUT2D eigenvalue weighted by molar-refractivity contribution is 0.929. The monoisotopic (exact) mass is 251 g/mol. The van der Waals surface area contributed by atoms with Gasteiger partial charge >= 0.3 is 0 Å². The fraction of sp³-hybridized carbons (Fsp3) is 0.333.